The predicted octanol–water partition coefficient (Wildman–Crippen LogP) is 3.86. The van der Waals surface area contributed by atoms with Crippen LogP contribution in [0.2, 0.25) is 0 Å². The van der Waals surface area contributed by atoms with Gasteiger partial charge in [-0.15, -0.1) is 0 Å². The molecule has 0 bridgehead atoms. The molecular formula is C17H25FN2. The first kappa shape index (κ1) is 13.9. The van der Waals surface area contributed by atoms with E-state index in [0.29, 0.717) is 18.0 Å². The zero-order chi connectivity index (χ0) is 13.9. The molecule has 2 aliphatic rings. The van der Waals surface area contributed by atoms with Gasteiger partial charge in [-0.3, -0.25) is 0 Å². The van der Waals surface area contributed by atoms with E-state index in [-0.39, 0.29) is 5.82 Å². The van der Waals surface area contributed by atoms with Crippen LogP contribution in [0.1, 0.15) is 44.1 Å². The highest BCUT2D eigenvalue weighted by molar-refractivity contribution is 5.52. The van der Waals surface area contributed by atoms with Crippen LogP contribution < -0.4 is 10.6 Å². The summed E-state index contributed by atoms with van der Waals surface area (Å²) < 4.78 is 13.7. The van der Waals surface area contributed by atoms with E-state index in [4.69, 9.17) is 0 Å². The highest BCUT2D eigenvalue weighted by atomic mass is 19.1. The maximum Gasteiger partial charge on any atom is 0.128 e. The molecule has 0 radical (unpaired) electrons. The van der Waals surface area contributed by atoms with Crippen LogP contribution in [0.25, 0.3) is 0 Å². The molecule has 1 heterocycles. The quantitative estimate of drug-likeness (QED) is 0.876. The third-order valence-corrected chi connectivity index (χ3v) is 5.04. The summed E-state index contributed by atoms with van der Waals surface area (Å²) in [5, 5.41) is 7.31. The molecule has 1 aliphatic carbocycles. The van der Waals surface area contributed by atoms with E-state index in [1.165, 1.54) is 44.6 Å². The molecule has 0 amide bonds. The van der Waals surface area contributed by atoms with Gasteiger partial charge in [-0.05, 0) is 57.2 Å². The topological polar surface area (TPSA) is 24.1 Å². The average molecular weight is 276 g/mol. The Labute approximate surface area is 121 Å². The van der Waals surface area contributed by atoms with E-state index >= 15 is 0 Å². The summed E-state index contributed by atoms with van der Waals surface area (Å²) in [6, 6.07) is 6.48. The van der Waals surface area contributed by atoms with Gasteiger partial charge in [-0.2, -0.15) is 0 Å². The predicted molar refractivity (Wildman–Crippen MR) is 81.5 cm³/mol. The van der Waals surface area contributed by atoms with E-state index < -0.39 is 0 Å². The lowest BCUT2D eigenvalue weighted by Gasteiger charge is -2.33. The Kier molecular flexibility index (Phi) is 4.25. The van der Waals surface area contributed by atoms with Crippen molar-refractivity contribution in [3.05, 3.63) is 29.6 Å². The summed E-state index contributed by atoms with van der Waals surface area (Å²) in [4.78, 5) is 0. The zero-order valence-corrected chi connectivity index (χ0v) is 12.3. The Morgan fingerprint density at radius 3 is 2.85 bits per heavy atom. The monoisotopic (exact) mass is 276 g/mol. The van der Waals surface area contributed by atoms with Gasteiger partial charge in [-0.1, -0.05) is 18.9 Å². The summed E-state index contributed by atoms with van der Waals surface area (Å²) in [5.74, 6) is 0.582. The van der Waals surface area contributed by atoms with Gasteiger partial charge in [0.15, 0.2) is 0 Å². The molecule has 1 saturated carbocycles. The number of hydrogen-bond donors (Lipinski definition) is 2. The smallest absolute Gasteiger partial charge is 0.128 e. The first-order valence-corrected chi connectivity index (χ1v) is 8.01. The third kappa shape index (κ3) is 2.83. The van der Waals surface area contributed by atoms with Crippen molar-refractivity contribution in [1.82, 2.24) is 5.32 Å². The summed E-state index contributed by atoms with van der Waals surface area (Å²) in [6.07, 6.45) is 7.74. The van der Waals surface area contributed by atoms with Crippen molar-refractivity contribution in [3.8, 4) is 0 Å². The van der Waals surface area contributed by atoms with Gasteiger partial charge in [0.25, 0.3) is 0 Å². The van der Waals surface area contributed by atoms with E-state index in [1.807, 2.05) is 13.0 Å². The fourth-order valence-corrected chi connectivity index (χ4v) is 3.86. The lowest BCUT2D eigenvalue weighted by molar-refractivity contribution is 0.286. The van der Waals surface area contributed by atoms with Crippen LogP contribution in [0.3, 0.4) is 0 Å². The number of rotatable bonds is 3. The fourth-order valence-electron chi connectivity index (χ4n) is 3.86. The first-order valence-electron chi connectivity index (χ1n) is 8.01. The van der Waals surface area contributed by atoms with Crippen molar-refractivity contribution in [3.63, 3.8) is 0 Å². The largest absolute Gasteiger partial charge is 0.382 e. The maximum atomic E-state index is 13.7. The highest BCUT2D eigenvalue weighted by Gasteiger charge is 2.34. The van der Waals surface area contributed by atoms with Crippen molar-refractivity contribution in [2.24, 2.45) is 5.92 Å². The van der Waals surface area contributed by atoms with Crippen LogP contribution >= 0.6 is 0 Å². The Bertz CT molecular complexity index is 454. The highest BCUT2D eigenvalue weighted by Crippen LogP contribution is 2.34. The van der Waals surface area contributed by atoms with Gasteiger partial charge in [0.2, 0.25) is 0 Å². The van der Waals surface area contributed by atoms with Crippen LogP contribution in [0, 0.1) is 18.7 Å². The molecule has 1 aliphatic heterocycles. The lowest BCUT2D eigenvalue weighted by atomic mass is 9.88. The molecule has 20 heavy (non-hydrogen) atoms. The van der Waals surface area contributed by atoms with Crippen LogP contribution in [-0.4, -0.2) is 18.6 Å². The molecule has 110 valence electrons. The van der Waals surface area contributed by atoms with Crippen molar-refractivity contribution >= 4 is 5.69 Å². The van der Waals surface area contributed by atoms with Crippen molar-refractivity contribution in [2.75, 3.05) is 11.9 Å². The van der Waals surface area contributed by atoms with Gasteiger partial charge in [0, 0.05) is 23.3 Å². The van der Waals surface area contributed by atoms with E-state index in [2.05, 4.69) is 10.6 Å². The van der Waals surface area contributed by atoms with Gasteiger partial charge < -0.3 is 10.6 Å². The minimum absolute atomic E-state index is 0.111. The molecule has 0 aromatic heterocycles. The molecule has 1 aromatic rings. The molecule has 1 saturated heterocycles. The minimum Gasteiger partial charge on any atom is -0.382 e. The number of hydrogen-bond acceptors (Lipinski definition) is 2. The molecular weight excluding hydrogens is 251 g/mol. The number of piperidine rings is 1. The lowest BCUT2D eigenvalue weighted by Crippen LogP contribution is -2.44. The molecule has 3 heteroatoms. The average Bonchev–Trinajstić information content (AvgIpc) is 2.93. The van der Waals surface area contributed by atoms with Crippen molar-refractivity contribution in [1.29, 1.82) is 0 Å². The molecule has 2 N–H and O–H groups in total. The molecule has 0 spiro atoms. The Morgan fingerprint density at radius 2 is 2.05 bits per heavy atom. The summed E-state index contributed by atoms with van der Waals surface area (Å²) in [7, 11) is 0. The van der Waals surface area contributed by atoms with Gasteiger partial charge in [-0.25, -0.2) is 4.39 Å². The number of halogens is 1. The van der Waals surface area contributed by atoms with Gasteiger partial charge in [0.1, 0.15) is 5.82 Å². The second-order valence-electron chi connectivity index (χ2n) is 6.31. The van der Waals surface area contributed by atoms with Crippen molar-refractivity contribution in [2.45, 2.75) is 57.5 Å². The Morgan fingerprint density at radius 1 is 1.15 bits per heavy atom. The molecule has 2 fully saturated rings. The minimum atomic E-state index is -0.111. The Hall–Kier alpha value is -1.09. The summed E-state index contributed by atoms with van der Waals surface area (Å²) >= 11 is 0. The van der Waals surface area contributed by atoms with Crippen LogP contribution in [0.4, 0.5) is 10.1 Å². The number of nitrogens with one attached hydrogen (secondary N) is 2. The Balaban J connectivity index is 1.70. The maximum absolute atomic E-state index is 13.7. The first-order chi connectivity index (χ1) is 9.75. The van der Waals surface area contributed by atoms with Crippen LogP contribution in [0.5, 0.6) is 0 Å². The molecule has 3 rings (SSSR count). The second kappa shape index (κ2) is 6.13. The standard InChI is InChI=1S/C17H25FN2/c1-12-14(18)7-5-9-15(12)20-17-10-4-6-13(17)16-8-2-3-11-19-16/h5,7,9,13,16-17,19-20H,2-4,6,8,10-11H2,1H3. The number of anilines is 1. The van der Waals surface area contributed by atoms with E-state index in [1.54, 1.807) is 6.07 Å². The summed E-state index contributed by atoms with van der Waals surface area (Å²) in [5.41, 5.74) is 1.72. The SMILES string of the molecule is Cc1c(F)cccc1NC1CCCC1C1CCCCN1. The normalized spacial score (nSPS) is 30.4. The fraction of sp³-hybridized carbons (Fsp3) is 0.647. The molecule has 1 aromatic carbocycles. The van der Waals surface area contributed by atoms with Crippen LogP contribution in [0.15, 0.2) is 18.2 Å². The summed E-state index contributed by atoms with van der Waals surface area (Å²) in [6.45, 7) is 3.02. The molecule has 3 atom stereocenters. The van der Waals surface area contributed by atoms with E-state index in [0.717, 1.165) is 17.8 Å². The number of benzene rings is 1. The molecule has 2 nitrogen and oxygen atoms in total. The third-order valence-electron chi connectivity index (χ3n) is 5.04. The van der Waals surface area contributed by atoms with E-state index in [9.17, 15) is 4.39 Å². The van der Waals surface area contributed by atoms with Gasteiger partial charge >= 0.3 is 0 Å². The molecule has 3 unspecified atom stereocenters. The van der Waals surface area contributed by atoms with Crippen LogP contribution in [-0.2, 0) is 0 Å². The second-order valence-corrected chi connectivity index (χ2v) is 6.31. The zero-order valence-electron chi connectivity index (χ0n) is 12.3. The van der Waals surface area contributed by atoms with Crippen molar-refractivity contribution < 1.29 is 4.39 Å². The van der Waals surface area contributed by atoms with Gasteiger partial charge in [0.05, 0.1) is 0 Å².